The Kier molecular flexibility index (Phi) is 5.25. The molecule has 1 aliphatic rings. The van der Waals surface area contributed by atoms with Gasteiger partial charge in [-0.25, -0.2) is 4.98 Å². The molecular formula is C21H27N5O. The molecule has 27 heavy (non-hydrogen) atoms. The lowest BCUT2D eigenvalue weighted by Crippen LogP contribution is -2.33. The second-order valence-electron chi connectivity index (χ2n) is 7.48. The molecule has 142 valence electrons. The number of anilines is 1. The van der Waals surface area contributed by atoms with Crippen LogP contribution in [0.2, 0.25) is 0 Å². The van der Waals surface area contributed by atoms with Gasteiger partial charge in [0.15, 0.2) is 5.76 Å². The van der Waals surface area contributed by atoms with Crippen LogP contribution in [0.15, 0.2) is 41.1 Å². The van der Waals surface area contributed by atoms with Gasteiger partial charge in [0.2, 0.25) is 0 Å². The van der Waals surface area contributed by atoms with E-state index in [1.165, 1.54) is 18.4 Å². The van der Waals surface area contributed by atoms with Crippen molar-refractivity contribution < 1.29 is 4.42 Å². The first kappa shape index (κ1) is 17.8. The maximum absolute atomic E-state index is 5.70. The van der Waals surface area contributed by atoms with Gasteiger partial charge in [-0.1, -0.05) is 13.0 Å². The highest BCUT2D eigenvalue weighted by molar-refractivity contribution is 5.56. The minimum absolute atomic E-state index is 0.720. The molecule has 3 aromatic heterocycles. The summed E-state index contributed by atoms with van der Waals surface area (Å²) in [6.07, 6.45) is 6.34. The molecule has 6 nitrogen and oxygen atoms in total. The summed E-state index contributed by atoms with van der Waals surface area (Å²) in [6, 6.07) is 8.24. The number of piperidine rings is 1. The first-order valence-corrected chi connectivity index (χ1v) is 9.68. The van der Waals surface area contributed by atoms with Crippen molar-refractivity contribution in [1.29, 1.82) is 0 Å². The topological polar surface area (TPSA) is 70.0 Å². The van der Waals surface area contributed by atoms with Gasteiger partial charge in [-0.3, -0.25) is 5.10 Å². The fraction of sp³-hybridized carbons (Fsp3) is 0.429. The number of pyridine rings is 1. The van der Waals surface area contributed by atoms with Gasteiger partial charge in [-0.05, 0) is 49.4 Å². The molecule has 4 heterocycles. The number of hydrogen-bond donors (Lipinski definition) is 2. The lowest BCUT2D eigenvalue weighted by Gasteiger charge is -2.31. The molecule has 3 aromatic rings. The van der Waals surface area contributed by atoms with E-state index in [-0.39, 0.29) is 0 Å². The van der Waals surface area contributed by atoms with Gasteiger partial charge in [-0.15, -0.1) is 0 Å². The van der Waals surface area contributed by atoms with Crippen molar-refractivity contribution in [2.24, 2.45) is 5.92 Å². The summed E-state index contributed by atoms with van der Waals surface area (Å²) in [7, 11) is 0. The molecule has 0 unspecified atom stereocenters. The molecule has 0 atom stereocenters. The summed E-state index contributed by atoms with van der Waals surface area (Å²) in [6.45, 7) is 7.99. The summed E-state index contributed by atoms with van der Waals surface area (Å²) in [4.78, 5) is 7.05. The van der Waals surface area contributed by atoms with Crippen molar-refractivity contribution in [1.82, 2.24) is 20.5 Å². The van der Waals surface area contributed by atoms with Crippen LogP contribution in [0.25, 0.3) is 11.5 Å². The lowest BCUT2D eigenvalue weighted by atomic mass is 9.99. The van der Waals surface area contributed by atoms with E-state index >= 15 is 0 Å². The van der Waals surface area contributed by atoms with Gasteiger partial charge < -0.3 is 14.6 Å². The summed E-state index contributed by atoms with van der Waals surface area (Å²) in [5.74, 6) is 3.65. The van der Waals surface area contributed by atoms with Crippen molar-refractivity contribution in [2.75, 3.05) is 18.0 Å². The Morgan fingerprint density at radius 1 is 1.15 bits per heavy atom. The quantitative estimate of drug-likeness (QED) is 0.693. The van der Waals surface area contributed by atoms with Crippen LogP contribution in [0.5, 0.6) is 0 Å². The van der Waals surface area contributed by atoms with E-state index in [4.69, 9.17) is 4.42 Å². The van der Waals surface area contributed by atoms with Crippen molar-refractivity contribution in [3.8, 4) is 11.5 Å². The molecule has 2 N–H and O–H groups in total. The second-order valence-corrected chi connectivity index (χ2v) is 7.48. The second kappa shape index (κ2) is 7.96. The molecule has 4 rings (SSSR count). The fourth-order valence-electron chi connectivity index (χ4n) is 3.51. The van der Waals surface area contributed by atoms with Gasteiger partial charge in [0.05, 0.1) is 6.20 Å². The number of rotatable bonds is 6. The molecule has 0 saturated carbocycles. The minimum Gasteiger partial charge on any atom is -0.460 e. The van der Waals surface area contributed by atoms with Gasteiger partial charge in [0, 0.05) is 37.9 Å². The molecule has 0 amide bonds. The number of aromatic nitrogens is 3. The van der Waals surface area contributed by atoms with Crippen LogP contribution in [0.1, 0.15) is 36.7 Å². The molecule has 6 heteroatoms. The molecule has 0 bridgehead atoms. The van der Waals surface area contributed by atoms with Crippen LogP contribution in [0.3, 0.4) is 0 Å². The Morgan fingerprint density at radius 3 is 2.70 bits per heavy atom. The Morgan fingerprint density at radius 2 is 2.00 bits per heavy atom. The number of aryl methyl sites for hydroxylation is 1. The third kappa shape index (κ3) is 4.22. The van der Waals surface area contributed by atoms with Crippen molar-refractivity contribution in [2.45, 2.75) is 39.8 Å². The van der Waals surface area contributed by atoms with Crippen LogP contribution in [-0.4, -0.2) is 28.3 Å². The van der Waals surface area contributed by atoms with Crippen molar-refractivity contribution in [3.63, 3.8) is 0 Å². The minimum atomic E-state index is 0.720. The van der Waals surface area contributed by atoms with E-state index in [2.05, 4.69) is 44.5 Å². The summed E-state index contributed by atoms with van der Waals surface area (Å²) < 4.78 is 5.70. The molecule has 0 radical (unpaired) electrons. The average Bonchev–Trinajstić information content (AvgIpc) is 3.32. The Labute approximate surface area is 160 Å². The van der Waals surface area contributed by atoms with E-state index in [0.29, 0.717) is 0 Å². The highest BCUT2D eigenvalue weighted by Crippen LogP contribution is 2.23. The largest absolute Gasteiger partial charge is 0.460 e. The molecule has 0 aromatic carbocycles. The van der Waals surface area contributed by atoms with E-state index in [9.17, 15) is 0 Å². The zero-order valence-electron chi connectivity index (χ0n) is 16.0. The van der Waals surface area contributed by atoms with E-state index in [0.717, 1.165) is 60.7 Å². The highest BCUT2D eigenvalue weighted by Gasteiger charge is 2.16. The number of aromatic amines is 1. The van der Waals surface area contributed by atoms with E-state index < -0.39 is 0 Å². The molecule has 0 aliphatic carbocycles. The van der Waals surface area contributed by atoms with Gasteiger partial charge in [0.1, 0.15) is 17.3 Å². The molecular weight excluding hydrogens is 338 g/mol. The highest BCUT2D eigenvalue weighted by atomic mass is 16.3. The molecule has 1 saturated heterocycles. The first-order valence-electron chi connectivity index (χ1n) is 9.68. The summed E-state index contributed by atoms with van der Waals surface area (Å²) in [5, 5.41) is 10.7. The van der Waals surface area contributed by atoms with Crippen LogP contribution in [0, 0.1) is 12.8 Å². The lowest BCUT2D eigenvalue weighted by molar-refractivity contribution is 0.436. The Balaban J connectivity index is 1.32. The first-order chi connectivity index (χ1) is 13.2. The van der Waals surface area contributed by atoms with Crippen LogP contribution >= 0.6 is 0 Å². The molecule has 1 aliphatic heterocycles. The average molecular weight is 365 g/mol. The summed E-state index contributed by atoms with van der Waals surface area (Å²) >= 11 is 0. The standard InChI is InChI=1S/C21H27N5O/c1-15-7-9-26(10-8-15)20-6-4-17(12-23-20)11-22-13-18-14-24-25-21(18)19-5-3-16(2)27-19/h3-6,12,14-15,22H,7-11,13H2,1-2H3,(H,24,25). The van der Waals surface area contributed by atoms with Crippen LogP contribution in [-0.2, 0) is 13.1 Å². The predicted octanol–water partition coefficient (Wildman–Crippen LogP) is 3.90. The number of H-pyrrole nitrogens is 1. The Hall–Kier alpha value is -2.60. The summed E-state index contributed by atoms with van der Waals surface area (Å²) in [5.41, 5.74) is 3.21. The molecule has 1 fully saturated rings. The number of nitrogens with zero attached hydrogens (tertiary/aromatic N) is 3. The van der Waals surface area contributed by atoms with Gasteiger partial charge >= 0.3 is 0 Å². The SMILES string of the molecule is Cc1ccc(-c2[nH]ncc2CNCc2ccc(N3CCC(C)CC3)nc2)o1. The van der Waals surface area contributed by atoms with Crippen LogP contribution < -0.4 is 10.2 Å². The third-order valence-corrected chi connectivity index (χ3v) is 5.27. The van der Waals surface area contributed by atoms with Crippen molar-refractivity contribution in [3.05, 3.63) is 53.5 Å². The van der Waals surface area contributed by atoms with E-state index in [1.807, 2.05) is 31.5 Å². The zero-order valence-corrected chi connectivity index (χ0v) is 16.0. The smallest absolute Gasteiger partial charge is 0.152 e. The van der Waals surface area contributed by atoms with Crippen molar-refractivity contribution >= 4 is 5.82 Å². The Bertz CT molecular complexity index is 859. The molecule has 0 spiro atoms. The monoisotopic (exact) mass is 365 g/mol. The number of hydrogen-bond acceptors (Lipinski definition) is 5. The maximum Gasteiger partial charge on any atom is 0.152 e. The predicted molar refractivity (Wildman–Crippen MR) is 106 cm³/mol. The normalized spacial score (nSPS) is 15.4. The van der Waals surface area contributed by atoms with Gasteiger partial charge in [0.25, 0.3) is 0 Å². The van der Waals surface area contributed by atoms with Gasteiger partial charge in [-0.2, -0.15) is 5.10 Å². The number of nitrogens with one attached hydrogen (secondary N) is 2. The van der Waals surface area contributed by atoms with E-state index in [1.54, 1.807) is 0 Å². The number of furan rings is 1. The van der Waals surface area contributed by atoms with Crippen LogP contribution in [0.4, 0.5) is 5.82 Å². The maximum atomic E-state index is 5.70. The zero-order chi connectivity index (χ0) is 18.6. The fourth-order valence-corrected chi connectivity index (χ4v) is 3.51. The third-order valence-electron chi connectivity index (χ3n) is 5.27.